The molecule has 0 radical (unpaired) electrons. The lowest BCUT2D eigenvalue weighted by molar-refractivity contribution is -0.129. The quantitative estimate of drug-likeness (QED) is 0.575. The van der Waals surface area contributed by atoms with E-state index in [-0.39, 0.29) is 11.6 Å². The second-order valence-corrected chi connectivity index (χ2v) is 5.53. The number of esters is 1. The second-order valence-electron chi connectivity index (χ2n) is 5.53. The van der Waals surface area contributed by atoms with Gasteiger partial charge >= 0.3 is 5.97 Å². The molecule has 0 bridgehead atoms. The Morgan fingerprint density at radius 3 is 2.22 bits per heavy atom. The first-order chi connectivity index (χ1) is 13.1. The SMILES string of the molecule is COc1cccc(/C=C2\N=C(c3cc(OC)c(OC)c(OC)c3)OC2=O)c1. The van der Waals surface area contributed by atoms with Crippen LogP contribution in [-0.2, 0) is 9.53 Å². The lowest BCUT2D eigenvalue weighted by Gasteiger charge is -2.13. The van der Waals surface area contributed by atoms with Crippen molar-refractivity contribution in [2.24, 2.45) is 4.99 Å². The van der Waals surface area contributed by atoms with Gasteiger partial charge in [0.15, 0.2) is 17.2 Å². The summed E-state index contributed by atoms with van der Waals surface area (Å²) in [4.78, 5) is 16.5. The maximum atomic E-state index is 12.2. The average molecular weight is 369 g/mol. The Kier molecular flexibility index (Phi) is 5.30. The monoisotopic (exact) mass is 369 g/mol. The Balaban J connectivity index is 2.00. The first-order valence-corrected chi connectivity index (χ1v) is 8.06. The smallest absolute Gasteiger partial charge is 0.363 e. The van der Waals surface area contributed by atoms with Crippen molar-refractivity contribution in [3.05, 3.63) is 53.2 Å². The summed E-state index contributed by atoms with van der Waals surface area (Å²) in [5.41, 5.74) is 1.50. The normalized spacial score (nSPS) is 14.6. The van der Waals surface area contributed by atoms with Crippen LogP contribution in [-0.4, -0.2) is 40.3 Å². The Labute approximate surface area is 156 Å². The third-order valence-electron chi connectivity index (χ3n) is 3.93. The molecule has 2 aromatic rings. The Morgan fingerprint density at radius 1 is 0.926 bits per heavy atom. The molecule has 0 saturated heterocycles. The highest BCUT2D eigenvalue weighted by molar-refractivity contribution is 6.13. The Morgan fingerprint density at radius 2 is 1.63 bits per heavy atom. The fourth-order valence-corrected chi connectivity index (χ4v) is 2.63. The van der Waals surface area contributed by atoms with Crippen molar-refractivity contribution in [1.29, 1.82) is 0 Å². The zero-order valence-electron chi connectivity index (χ0n) is 15.4. The number of benzene rings is 2. The van der Waals surface area contributed by atoms with E-state index < -0.39 is 5.97 Å². The minimum Gasteiger partial charge on any atom is -0.497 e. The van der Waals surface area contributed by atoms with E-state index in [1.54, 1.807) is 31.4 Å². The van der Waals surface area contributed by atoms with Gasteiger partial charge in [-0.25, -0.2) is 9.79 Å². The van der Waals surface area contributed by atoms with Crippen LogP contribution in [0.3, 0.4) is 0 Å². The van der Waals surface area contributed by atoms with Crippen LogP contribution in [0.1, 0.15) is 11.1 Å². The zero-order valence-corrected chi connectivity index (χ0v) is 15.4. The number of carbonyl (C=O) groups excluding carboxylic acids is 1. The molecule has 27 heavy (non-hydrogen) atoms. The van der Waals surface area contributed by atoms with Crippen LogP contribution in [0.5, 0.6) is 23.0 Å². The number of nitrogens with zero attached hydrogens (tertiary/aromatic N) is 1. The number of methoxy groups -OCH3 is 4. The lowest BCUT2D eigenvalue weighted by Crippen LogP contribution is -2.06. The van der Waals surface area contributed by atoms with Crippen molar-refractivity contribution >= 4 is 17.9 Å². The van der Waals surface area contributed by atoms with E-state index in [1.165, 1.54) is 21.3 Å². The number of ether oxygens (including phenoxy) is 5. The van der Waals surface area contributed by atoms with Crippen molar-refractivity contribution in [2.45, 2.75) is 0 Å². The number of aliphatic imine (C=N–C) groups is 1. The average Bonchev–Trinajstić information content (AvgIpc) is 3.07. The summed E-state index contributed by atoms with van der Waals surface area (Å²) in [6.45, 7) is 0. The standard InChI is InChI=1S/C20H19NO6/c1-23-14-7-5-6-12(8-14)9-15-20(22)27-19(21-15)13-10-16(24-2)18(26-4)17(11-13)25-3/h5-11H,1-4H3/b15-9-. The van der Waals surface area contributed by atoms with Gasteiger partial charge < -0.3 is 23.7 Å². The highest BCUT2D eigenvalue weighted by atomic mass is 16.6. The minimum absolute atomic E-state index is 0.161. The van der Waals surface area contributed by atoms with E-state index in [9.17, 15) is 4.79 Å². The molecule has 0 unspecified atom stereocenters. The molecule has 3 rings (SSSR count). The van der Waals surface area contributed by atoms with Crippen LogP contribution in [0.2, 0.25) is 0 Å². The van der Waals surface area contributed by atoms with Crippen LogP contribution >= 0.6 is 0 Å². The molecular weight excluding hydrogens is 350 g/mol. The van der Waals surface area contributed by atoms with Gasteiger partial charge in [-0.1, -0.05) is 12.1 Å². The van der Waals surface area contributed by atoms with Crippen molar-refractivity contribution in [2.75, 3.05) is 28.4 Å². The summed E-state index contributed by atoms with van der Waals surface area (Å²) in [6.07, 6.45) is 1.63. The Bertz CT molecular complexity index is 907. The molecule has 7 nitrogen and oxygen atoms in total. The molecule has 1 heterocycles. The van der Waals surface area contributed by atoms with Crippen LogP contribution < -0.4 is 18.9 Å². The molecular formula is C20H19NO6. The third kappa shape index (κ3) is 3.72. The number of cyclic esters (lactones) is 1. The highest BCUT2D eigenvalue weighted by Gasteiger charge is 2.26. The van der Waals surface area contributed by atoms with E-state index in [0.29, 0.717) is 28.6 Å². The predicted octanol–water partition coefficient (Wildman–Crippen LogP) is 3.07. The Hall–Kier alpha value is -3.48. The van der Waals surface area contributed by atoms with E-state index in [0.717, 1.165) is 5.56 Å². The molecule has 1 aliphatic heterocycles. The highest BCUT2D eigenvalue weighted by Crippen LogP contribution is 2.39. The fourth-order valence-electron chi connectivity index (χ4n) is 2.63. The van der Waals surface area contributed by atoms with E-state index in [4.69, 9.17) is 23.7 Å². The second kappa shape index (κ2) is 7.82. The molecule has 0 aromatic heterocycles. The number of hydrogen-bond acceptors (Lipinski definition) is 7. The first-order valence-electron chi connectivity index (χ1n) is 8.06. The van der Waals surface area contributed by atoms with Gasteiger partial charge in [-0.3, -0.25) is 0 Å². The van der Waals surface area contributed by atoms with Crippen LogP contribution in [0.15, 0.2) is 47.1 Å². The van der Waals surface area contributed by atoms with Gasteiger partial charge in [-0.05, 0) is 35.9 Å². The largest absolute Gasteiger partial charge is 0.497 e. The van der Waals surface area contributed by atoms with Gasteiger partial charge in [0.2, 0.25) is 11.6 Å². The number of carbonyl (C=O) groups is 1. The summed E-state index contributed by atoms with van der Waals surface area (Å²) in [5.74, 6) is 1.63. The lowest BCUT2D eigenvalue weighted by atomic mass is 10.1. The van der Waals surface area contributed by atoms with Gasteiger partial charge in [-0.15, -0.1) is 0 Å². The summed E-state index contributed by atoms with van der Waals surface area (Å²) >= 11 is 0. The van der Waals surface area contributed by atoms with E-state index in [1.807, 2.05) is 18.2 Å². The fraction of sp³-hybridized carbons (Fsp3) is 0.200. The van der Waals surface area contributed by atoms with Gasteiger partial charge in [0.1, 0.15) is 5.75 Å². The molecule has 7 heteroatoms. The van der Waals surface area contributed by atoms with Crippen LogP contribution in [0.4, 0.5) is 0 Å². The van der Waals surface area contributed by atoms with Crippen molar-refractivity contribution in [3.8, 4) is 23.0 Å². The topological polar surface area (TPSA) is 75.6 Å². The van der Waals surface area contributed by atoms with Gasteiger partial charge in [0.25, 0.3) is 0 Å². The van der Waals surface area contributed by atoms with Crippen LogP contribution in [0, 0.1) is 0 Å². The van der Waals surface area contributed by atoms with Gasteiger partial charge in [0.05, 0.1) is 28.4 Å². The molecule has 0 spiro atoms. The van der Waals surface area contributed by atoms with Crippen molar-refractivity contribution < 1.29 is 28.5 Å². The summed E-state index contributed by atoms with van der Waals surface area (Å²) in [5, 5.41) is 0. The molecule has 0 N–H and O–H groups in total. The maximum Gasteiger partial charge on any atom is 0.363 e. The molecule has 0 amide bonds. The summed E-state index contributed by atoms with van der Waals surface area (Å²) in [7, 11) is 6.12. The summed E-state index contributed by atoms with van der Waals surface area (Å²) in [6, 6.07) is 10.6. The van der Waals surface area contributed by atoms with Crippen molar-refractivity contribution in [1.82, 2.24) is 0 Å². The number of rotatable bonds is 6. The van der Waals surface area contributed by atoms with E-state index in [2.05, 4.69) is 4.99 Å². The van der Waals surface area contributed by atoms with Gasteiger partial charge in [0, 0.05) is 5.56 Å². The van der Waals surface area contributed by atoms with Crippen LogP contribution in [0.25, 0.3) is 6.08 Å². The van der Waals surface area contributed by atoms with Crippen molar-refractivity contribution in [3.63, 3.8) is 0 Å². The van der Waals surface area contributed by atoms with Gasteiger partial charge in [-0.2, -0.15) is 0 Å². The molecule has 2 aromatic carbocycles. The first kappa shape index (κ1) is 18.3. The molecule has 0 aliphatic carbocycles. The number of hydrogen-bond donors (Lipinski definition) is 0. The zero-order chi connectivity index (χ0) is 19.4. The molecule has 0 saturated carbocycles. The molecule has 0 atom stereocenters. The predicted molar refractivity (Wildman–Crippen MR) is 99.7 cm³/mol. The summed E-state index contributed by atoms with van der Waals surface area (Å²) < 4.78 is 26.5. The molecule has 1 aliphatic rings. The minimum atomic E-state index is -0.540. The molecule has 0 fully saturated rings. The van der Waals surface area contributed by atoms with E-state index >= 15 is 0 Å². The third-order valence-corrected chi connectivity index (χ3v) is 3.93. The maximum absolute atomic E-state index is 12.2. The molecule has 140 valence electrons.